The molecule has 0 aromatic heterocycles. The third kappa shape index (κ3) is 2.11. The highest BCUT2D eigenvalue weighted by atomic mass is 35.5. The van der Waals surface area contributed by atoms with Gasteiger partial charge in [-0.3, -0.25) is 0 Å². The summed E-state index contributed by atoms with van der Waals surface area (Å²) in [4.78, 5) is 13.7. The minimum Gasteiger partial charge on any atom is -0.487 e. The number of hydrogen-bond donors (Lipinski definition) is 0. The van der Waals surface area contributed by atoms with Crippen LogP contribution >= 0.6 is 11.6 Å². The normalized spacial score (nSPS) is 16.2. The maximum Gasteiger partial charge on any atom is 0.235 e. The molecule has 16 heavy (non-hydrogen) atoms. The van der Waals surface area contributed by atoms with Gasteiger partial charge >= 0.3 is 0 Å². The molecule has 0 atom stereocenters. The molecule has 0 bridgehead atoms. The molecule has 1 aromatic rings. The van der Waals surface area contributed by atoms with Gasteiger partial charge in [0.15, 0.2) is 0 Å². The third-order valence-corrected chi connectivity index (χ3v) is 2.73. The number of fused-ring (bicyclic) bond motifs is 1. The van der Waals surface area contributed by atoms with Gasteiger partial charge in [-0.05, 0) is 31.5 Å². The summed E-state index contributed by atoms with van der Waals surface area (Å²) in [5.41, 5.74) is 1.71. The molecule has 4 heteroatoms. The van der Waals surface area contributed by atoms with Crippen LogP contribution in [0.25, 0.3) is 0 Å². The first-order valence-electron chi connectivity index (χ1n) is 5.06. The molecular formula is C12H12ClNO2. The smallest absolute Gasteiger partial charge is 0.235 e. The van der Waals surface area contributed by atoms with Crippen molar-refractivity contribution in [2.45, 2.75) is 32.4 Å². The number of benzene rings is 1. The zero-order valence-corrected chi connectivity index (χ0v) is 9.97. The Kier molecular flexibility index (Phi) is 2.75. The second-order valence-electron chi connectivity index (χ2n) is 4.50. The van der Waals surface area contributed by atoms with Crippen molar-refractivity contribution >= 4 is 17.7 Å². The molecule has 0 saturated carbocycles. The molecule has 3 nitrogen and oxygen atoms in total. The average Bonchev–Trinajstić information content (AvgIpc) is 2.48. The number of halogens is 1. The van der Waals surface area contributed by atoms with Crippen LogP contribution in [-0.2, 0) is 17.8 Å². The quantitative estimate of drug-likeness (QED) is 0.586. The lowest BCUT2D eigenvalue weighted by molar-refractivity contribution is 0.137. The fourth-order valence-corrected chi connectivity index (χ4v) is 2.24. The summed E-state index contributed by atoms with van der Waals surface area (Å²) in [6.07, 6.45) is 2.34. The SMILES string of the molecule is CC1(C)Cc2cc(Cl)cc(CN=C=O)c2O1. The van der Waals surface area contributed by atoms with E-state index in [4.69, 9.17) is 16.3 Å². The van der Waals surface area contributed by atoms with Crippen LogP contribution < -0.4 is 4.74 Å². The molecule has 0 aliphatic carbocycles. The standard InChI is InChI=1S/C12H12ClNO2/c1-12(2)5-8-3-10(13)4-9(6-14-7-15)11(8)16-12/h3-4H,5-6H2,1-2H3. The van der Waals surface area contributed by atoms with E-state index in [-0.39, 0.29) is 12.1 Å². The van der Waals surface area contributed by atoms with Crippen LogP contribution in [-0.4, -0.2) is 11.7 Å². The van der Waals surface area contributed by atoms with E-state index in [1.54, 1.807) is 6.07 Å². The van der Waals surface area contributed by atoms with Crippen molar-refractivity contribution in [1.82, 2.24) is 0 Å². The van der Waals surface area contributed by atoms with Gasteiger partial charge in [0, 0.05) is 17.0 Å². The van der Waals surface area contributed by atoms with Crippen LogP contribution in [0.1, 0.15) is 25.0 Å². The van der Waals surface area contributed by atoms with Crippen molar-refractivity contribution in [3.8, 4) is 5.75 Å². The molecule has 1 aromatic carbocycles. The monoisotopic (exact) mass is 237 g/mol. The summed E-state index contributed by atoms with van der Waals surface area (Å²) in [5, 5.41) is 0.649. The van der Waals surface area contributed by atoms with Gasteiger partial charge in [-0.15, -0.1) is 0 Å². The summed E-state index contributed by atoms with van der Waals surface area (Å²) in [6.45, 7) is 4.31. The van der Waals surface area contributed by atoms with E-state index in [1.807, 2.05) is 19.9 Å². The van der Waals surface area contributed by atoms with Crippen molar-refractivity contribution in [3.63, 3.8) is 0 Å². The Morgan fingerprint density at radius 1 is 1.56 bits per heavy atom. The fourth-order valence-electron chi connectivity index (χ4n) is 1.98. The summed E-state index contributed by atoms with van der Waals surface area (Å²) in [6, 6.07) is 3.68. The Morgan fingerprint density at radius 2 is 2.31 bits per heavy atom. The molecule has 0 fully saturated rings. The maximum atomic E-state index is 10.1. The van der Waals surface area contributed by atoms with Gasteiger partial charge in [0.1, 0.15) is 11.4 Å². The lowest BCUT2D eigenvalue weighted by Gasteiger charge is -2.17. The molecule has 0 spiro atoms. The molecule has 0 radical (unpaired) electrons. The van der Waals surface area contributed by atoms with Crippen LogP contribution in [0.3, 0.4) is 0 Å². The van der Waals surface area contributed by atoms with Crippen LogP contribution in [0.15, 0.2) is 17.1 Å². The lowest BCUT2D eigenvalue weighted by atomic mass is 10.0. The Morgan fingerprint density at radius 3 is 3.00 bits per heavy atom. The van der Waals surface area contributed by atoms with Gasteiger partial charge in [-0.1, -0.05) is 11.6 Å². The predicted octanol–water partition coefficient (Wildman–Crippen LogP) is 2.89. The van der Waals surface area contributed by atoms with Crippen molar-refractivity contribution < 1.29 is 9.53 Å². The van der Waals surface area contributed by atoms with E-state index in [0.29, 0.717) is 5.02 Å². The zero-order valence-electron chi connectivity index (χ0n) is 9.21. The Balaban J connectivity index is 2.44. The maximum absolute atomic E-state index is 10.1. The minimum absolute atomic E-state index is 0.216. The van der Waals surface area contributed by atoms with Crippen LogP contribution in [0.5, 0.6) is 5.75 Å². The summed E-state index contributed by atoms with van der Waals surface area (Å²) in [5.74, 6) is 0.813. The van der Waals surface area contributed by atoms with Crippen LogP contribution in [0, 0.1) is 0 Å². The van der Waals surface area contributed by atoms with Gasteiger partial charge in [-0.2, -0.15) is 0 Å². The second-order valence-corrected chi connectivity index (χ2v) is 4.94. The molecular weight excluding hydrogens is 226 g/mol. The molecule has 84 valence electrons. The minimum atomic E-state index is -0.216. The van der Waals surface area contributed by atoms with Gasteiger partial charge in [0.2, 0.25) is 6.08 Å². The second kappa shape index (κ2) is 3.93. The Bertz CT molecular complexity index is 476. The molecule has 0 amide bonds. The van der Waals surface area contributed by atoms with Crippen molar-refractivity contribution in [1.29, 1.82) is 0 Å². The van der Waals surface area contributed by atoms with Gasteiger partial charge in [-0.25, -0.2) is 9.79 Å². The van der Waals surface area contributed by atoms with Crippen molar-refractivity contribution in [3.05, 3.63) is 28.3 Å². The largest absolute Gasteiger partial charge is 0.487 e. The topological polar surface area (TPSA) is 38.7 Å². The molecule has 0 saturated heterocycles. The summed E-state index contributed by atoms with van der Waals surface area (Å²) >= 11 is 6.00. The molecule has 1 heterocycles. The van der Waals surface area contributed by atoms with Gasteiger partial charge in [0.25, 0.3) is 0 Å². The molecule has 0 N–H and O–H groups in total. The van der Waals surface area contributed by atoms with Gasteiger partial charge in [0.05, 0.1) is 6.54 Å². The zero-order chi connectivity index (χ0) is 11.8. The summed E-state index contributed by atoms with van der Waals surface area (Å²) in [7, 11) is 0. The first-order chi connectivity index (χ1) is 7.52. The average molecular weight is 238 g/mol. The highest BCUT2D eigenvalue weighted by Gasteiger charge is 2.32. The molecule has 1 aliphatic rings. The number of aliphatic imine (C=N–C) groups is 1. The lowest BCUT2D eigenvalue weighted by Crippen LogP contribution is -2.24. The van der Waals surface area contributed by atoms with Crippen molar-refractivity contribution in [2.24, 2.45) is 4.99 Å². The van der Waals surface area contributed by atoms with E-state index in [9.17, 15) is 4.79 Å². The molecule has 0 unspecified atom stereocenters. The van der Waals surface area contributed by atoms with E-state index < -0.39 is 0 Å². The highest BCUT2D eigenvalue weighted by molar-refractivity contribution is 6.30. The van der Waals surface area contributed by atoms with E-state index in [0.717, 1.165) is 23.3 Å². The first kappa shape index (κ1) is 11.2. The highest BCUT2D eigenvalue weighted by Crippen LogP contribution is 2.39. The number of carbonyl (C=O) groups excluding carboxylic acids is 1. The number of rotatable bonds is 2. The third-order valence-electron chi connectivity index (χ3n) is 2.52. The van der Waals surface area contributed by atoms with Gasteiger partial charge < -0.3 is 4.74 Å². The Hall–Kier alpha value is -1.31. The van der Waals surface area contributed by atoms with Crippen LogP contribution in [0.2, 0.25) is 5.02 Å². The van der Waals surface area contributed by atoms with E-state index in [1.165, 1.54) is 6.08 Å². The van der Waals surface area contributed by atoms with Crippen molar-refractivity contribution in [2.75, 3.05) is 0 Å². The fraction of sp³-hybridized carbons (Fsp3) is 0.417. The van der Waals surface area contributed by atoms with Crippen LogP contribution in [0.4, 0.5) is 0 Å². The molecule has 1 aliphatic heterocycles. The number of nitrogens with zero attached hydrogens (tertiary/aromatic N) is 1. The Labute approximate surface area is 99.1 Å². The number of hydrogen-bond acceptors (Lipinski definition) is 3. The van der Waals surface area contributed by atoms with E-state index in [2.05, 4.69) is 4.99 Å². The molecule has 2 rings (SSSR count). The number of ether oxygens (including phenoxy) is 1. The van der Waals surface area contributed by atoms with E-state index >= 15 is 0 Å². The predicted molar refractivity (Wildman–Crippen MR) is 61.7 cm³/mol. The number of isocyanates is 1. The summed E-state index contributed by atoms with van der Waals surface area (Å²) < 4.78 is 5.83. The first-order valence-corrected chi connectivity index (χ1v) is 5.43.